The van der Waals surface area contributed by atoms with Gasteiger partial charge in [-0.1, -0.05) is 0 Å². The maximum absolute atomic E-state index is 11.0. The van der Waals surface area contributed by atoms with Gasteiger partial charge < -0.3 is 15.8 Å². The fourth-order valence-electron chi connectivity index (χ4n) is 0.888. The zero-order chi connectivity index (χ0) is 11.7. The summed E-state index contributed by atoms with van der Waals surface area (Å²) < 4.78 is 4.42. The van der Waals surface area contributed by atoms with E-state index in [9.17, 15) is 14.4 Å². The lowest BCUT2D eigenvalue weighted by molar-refractivity contribution is -0.140. The minimum absolute atomic E-state index is 0.0445. The zero-order valence-corrected chi connectivity index (χ0v) is 8.75. The van der Waals surface area contributed by atoms with Gasteiger partial charge >= 0.3 is 5.97 Å². The summed E-state index contributed by atoms with van der Waals surface area (Å²) in [6.07, 6.45) is 0.929. The second-order valence-corrected chi connectivity index (χ2v) is 3.00. The van der Waals surface area contributed by atoms with Crippen molar-refractivity contribution in [2.45, 2.75) is 25.7 Å². The van der Waals surface area contributed by atoms with Crippen LogP contribution in [0.1, 0.15) is 25.7 Å². The molecule has 0 atom stereocenters. The number of primary amides is 1. The summed E-state index contributed by atoms with van der Waals surface area (Å²) in [7, 11) is 1.31. The molecule has 0 heterocycles. The SMILES string of the molecule is COC(=O)CCCNC(=O)CCC(N)=O. The normalized spacial score (nSPS) is 9.40. The summed E-state index contributed by atoms with van der Waals surface area (Å²) in [6, 6.07) is 0. The second-order valence-electron chi connectivity index (χ2n) is 3.00. The second kappa shape index (κ2) is 7.78. The Bertz CT molecular complexity index is 240. The lowest BCUT2D eigenvalue weighted by atomic mass is 10.2. The average Bonchev–Trinajstić information content (AvgIpc) is 2.21. The van der Waals surface area contributed by atoms with E-state index < -0.39 is 5.91 Å². The number of carbonyl (C=O) groups excluding carboxylic acids is 3. The Balaban J connectivity index is 3.39. The van der Waals surface area contributed by atoms with E-state index in [4.69, 9.17) is 5.73 Å². The van der Waals surface area contributed by atoms with Crippen LogP contribution in [-0.2, 0) is 19.1 Å². The van der Waals surface area contributed by atoms with Gasteiger partial charge in [-0.2, -0.15) is 0 Å². The molecule has 0 aromatic heterocycles. The molecule has 6 nitrogen and oxygen atoms in total. The number of hydrogen-bond donors (Lipinski definition) is 2. The number of methoxy groups -OCH3 is 1. The molecular formula is C9H16N2O4. The fourth-order valence-corrected chi connectivity index (χ4v) is 0.888. The highest BCUT2D eigenvalue weighted by Crippen LogP contribution is 1.91. The molecule has 0 saturated carbocycles. The summed E-state index contributed by atoms with van der Waals surface area (Å²) in [6.45, 7) is 0.396. The molecule has 15 heavy (non-hydrogen) atoms. The van der Waals surface area contributed by atoms with Crippen molar-refractivity contribution in [1.82, 2.24) is 5.32 Å². The molecule has 0 fully saturated rings. The Kier molecular flexibility index (Phi) is 6.96. The van der Waals surface area contributed by atoms with Gasteiger partial charge in [0.15, 0.2) is 0 Å². The predicted molar refractivity (Wildman–Crippen MR) is 52.7 cm³/mol. The van der Waals surface area contributed by atoms with Gasteiger partial charge in [-0.25, -0.2) is 0 Å². The highest BCUT2D eigenvalue weighted by molar-refractivity contribution is 5.82. The van der Waals surface area contributed by atoms with Crippen LogP contribution >= 0.6 is 0 Å². The largest absolute Gasteiger partial charge is 0.469 e. The van der Waals surface area contributed by atoms with Crippen LogP contribution in [0, 0.1) is 0 Å². The van der Waals surface area contributed by atoms with Crippen LogP contribution in [-0.4, -0.2) is 31.4 Å². The first kappa shape index (κ1) is 13.4. The topological polar surface area (TPSA) is 98.5 Å². The zero-order valence-electron chi connectivity index (χ0n) is 8.75. The van der Waals surface area contributed by atoms with E-state index in [2.05, 4.69) is 10.1 Å². The number of hydrogen-bond acceptors (Lipinski definition) is 4. The quantitative estimate of drug-likeness (QED) is 0.435. The molecule has 2 amide bonds. The molecule has 0 rings (SSSR count). The van der Waals surface area contributed by atoms with Crippen molar-refractivity contribution in [3.63, 3.8) is 0 Å². The molecule has 0 aliphatic carbocycles. The highest BCUT2D eigenvalue weighted by atomic mass is 16.5. The lowest BCUT2D eigenvalue weighted by Crippen LogP contribution is -2.26. The van der Waals surface area contributed by atoms with Crippen LogP contribution in [0.3, 0.4) is 0 Å². The highest BCUT2D eigenvalue weighted by Gasteiger charge is 2.04. The van der Waals surface area contributed by atoms with Crippen molar-refractivity contribution in [1.29, 1.82) is 0 Å². The molecule has 0 unspecified atom stereocenters. The van der Waals surface area contributed by atoms with Gasteiger partial charge in [-0.3, -0.25) is 14.4 Å². The van der Waals surface area contributed by atoms with E-state index in [1.165, 1.54) is 7.11 Å². The van der Waals surface area contributed by atoms with Crippen LogP contribution in [0.25, 0.3) is 0 Å². The summed E-state index contributed by atoms with van der Waals surface area (Å²) in [4.78, 5) is 32.0. The Labute approximate surface area is 88.1 Å². The van der Waals surface area contributed by atoms with Crippen molar-refractivity contribution in [3.8, 4) is 0 Å². The summed E-state index contributed by atoms with van der Waals surface area (Å²) in [5.41, 5.74) is 4.87. The van der Waals surface area contributed by atoms with Gasteiger partial charge in [0, 0.05) is 25.8 Å². The fraction of sp³-hybridized carbons (Fsp3) is 0.667. The van der Waals surface area contributed by atoms with Gasteiger partial charge in [0.25, 0.3) is 0 Å². The van der Waals surface area contributed by atoms with Crippen LogP contribution < -0.4 is 11.1 Å². The van der Waals surface area contributed by atoms with Crippen molar-refractivity contribution in [2.75, 3.05) is 13.7 Å². The van der Waals surface area contributed by atoms with Crippen LogP contribution in [0.15, 0.2) is 0 Å². The van der Waals surface area contributed by atoms with E-state index in [0.717, 1.165) is 0 Å². The van der Waals surface area contributed by atoms with E-state index >= 15 is 0 Å². The van der Waals surface area contributed by atoms with Gasteiger partial charge in [0.1, 0.15) is 0 Å². The first-order valence-electron chi connectivity index (χ1n) is 4.68. The van der Waals surface area contributed by atoms with Crippen LogP contribution in [0.2, 0.25) is 0 Å². The van der Waals surface area contributed by atoms with Crippen molar-refractivity contribution >= 4 is 17.8 Å². The Morgan fingerprint density at radius 2 is 1.87 bits per heavy atom. The minimum atomic E-state index is -0.500. The summed E-state index contributed by atoms with van der Waals surface area (Å²) in [5, 5.41) is 2.56. The first-order valence-corrected chi connectivity index (χ1v) is 4.68. The number of esters is 1. The number of nitrogens with two attached hydrogens (primary N) is 1. The van der Waals surface area contributed by atoms with Crippen LogP contribution in [0.5, 0.6) is 0 Å². The number of ether oxygens (including phenoxy) is 1. The Hall–Kier alpha value is -1.59. The molecule has 0 aliphatic rings. The smallest absolute Gasteiger partial charge is 0.305 e. The van der Waals surface area contributed by atoms with Crippen molar-refractivity contribution in [3.05, 3.63) is 0 Å². The third kappa shape index (κ3) is 8.73. The minimum Gasteiger partial charge on any atom is -0.469 e. The average molecular weight is 216 g/mol. The van der Waals surface area contributed by atoms with Gasteiger partial charge in [0.05, 0.1) is 7.11 Å². The van der Waals surface area contributed by atoms with Crippen molar-refractivity contribution < 1.29 is 19.1 Å². The predicted octanol–water partition coefficient (Wildman–Crippen LogP) is -0.679. The lowest BCUT2D eigenvalue weighted by Gasteiger charge is -2.03. The van der Waals surface area contributed by atoms with Gasteiger partial charge in [-0.15, -0.1) is 0 Å². The molecule has 0 aromatic carbocycles. The number of amides is 2. The van der Waals surface area contributed by atoms with E-state index in [-0.39, 0.29) is 31.1 Å². The third-order valence-corrected chi connectivity index (χ3v) is 1.71. The third-order valence-electron chi connectivity index (χ3n) is 1.71. The van der Waals surface area contributed by atoms with E-state index in [0.29, 0.717) is 13.0 Å². The monoisotopic (exact) mass is 216 g/mol. The maximum Gasteiger partial charge on any atom is 0.305 e. The molecule has 0 spiro atoms. The molecule has 3 N–H and O–H groups in total. The first-order chi connectivity index (χ1) is 7.06. The maximum atomic E-state index is 11.0. The van der Waals surface area contributed by atoms with Crippen molar-refractivity contribution in [2.24, 2.45) is 5.73 Å². The molecular weight excluding hydrogens is 200 g/mol. The Morgan fingerprint density at radius 1 is 1.20 bits per heavy atom. The van der Waals surface area contributed by atoms with E-state index in [1.54, 1.807) is 0 Å². The Morgan fingerprint density at radius 3 is 2.40 bits per heavy atom. The van der Waals surface area contributed by atoms with E-state index in [1.807, 2.05) is 0 Å². The molecule has 0 saturated heterocycles. The molecule has 0 radical (unpaired) electrons. The molecule has 0 aliphatic heterocycles. The molecule has 6 heteroatoms. The molecule has 0 bridgehead atoms. The molecule has 86 valence electrons. The number of carbonyl (C=O) groups is 3. The van der Waals surface area contributed by atoms with Gasteiger partial charge in [0.2, 0.25) is 11.8 Å². The number of nitrogens with one attached hydrogen (secondary N) is 1. The van der Waals surface area contributed by atoms with Gasteiger partial charge in [-0.05, 0) is 6.42 Å². The number of rotatable bonds is 7. The summed E-state index contributed by atoms with van der Waals surface area (Å²) in [5.74, 6) is -1.04. The summed E-state index contributed by atoms with van der Waals surface area (Å²) >= 11 is 0. The molecule has 0 aromatic rings. The van der Waals surface area contributed by atoms with Crippen LogP contribution in [0.4, 0.5) is 0 Å². The standard InChI is InChI=1S/C9H16N2O4/c1-15-9(14)3-2-6-11-8(13)5-4-7(10)12/h2-6H2,1H3,(H2,10,12)(H,11,13).